The maximum Gasteiger partial charge on any atom is 0.261 e. The number of nitrogens with one attached hydrogen (secondary N) is 1. The largest absolute Gasteiger partial charge is 0.372 e. The topological polar surface area (TPSA) is 99.9 Å². The Morgan fingerprint density at radius 3 is 2.38 bits per heavy atom. The van der Waals surface area contributed by atoms with E-state index in [1.807, 2.05) is 26.8 Å². The van der Waals surface area contributed by atoms with Gasteiger partial charge in [0.05, 0.1) is 16.3 Å². The van der Waals surface area contributed by atoms with Crippen LogP contribution in [0.2, 0.25) is 5.02 Å². The van der Waals surface area contributed by atoms with Gasteiger partial charge in [-0.3, -0.25) is 4.72 Å². The van der Waals surface area contributed by atoms with Gasteiger partial charge in [0.25, 0.3) is 10.0 Å². The summed E-state index contributed by atoms with van der Waals surface area (Å²) >= 11 is 6.31. The summed E-state index contributed by atoms with van der Waals surface area (Å²) in [7, 11) is -3.82. The lowest BCUT2D eigenvalue weighted by atomic mass is 10.2. The van der Waals surface area contributed by atoms with Crippen LogP contribution < -0.4 is 9.62 Å². The van der Waals surface area contributed by atoms with Gasteiger partial charge in [-0.25, -0.2) is 18.4 Å². The van der Waals surface area contributed by atoms with Crippen molar-refractivity contribution in [2.45, 2.75) is 32.1 Å². The summed E-state index contributed by atoms with van der Waals surface area (Å²) in [6, 6.07) is 13.5. The average molecular weight is 473 g/mol. The number of nitrogens with zero attached hydrogens (tertiary/aromatic N) is 5. The van der Waals surface area contributed by atoms with Crippen LogP contribution in [0.4, 0.5) is 22.9 Å². The van der Waals surface area contributed by atoms with Crippen molar-refractivity contribution < 1.29 is 8.42 Å². The number of hydrogen-bond donors (Lipinski definition) is 1. The molecule has 1 heterocycles. The van der Waals surface area contributed by atoms with E-state index in [0.29, 0.717) is 28.5 Å². The van der Waals surface area contributed by atoms with E-state index in [-0.39, 0.29) is 10.7 Å². The molecule has 8 nitrogen and oxygen atoms in total. The number of benzene rings is 2. The van der Waals surface area contributed by atoms with Gasteiger partial charge in [0.15, 0.2) is 5.82 Å². The third-order valence-corrected chi connectivity index (χ3v) is 6.61. The van der Waals surface area contributed by atoms with Crippen LogP contribution >= 0.6 is 11.6 Å². The number of rotatable bonds is 9. The van der Waals surface area contributed by atoms with Crippen molar-refractivity contribution in [3.05, 3.63) is 65.6 Å². The van der Waals surface area contributed by atoms with Crippen molar-refractivity contribution in [3.63, 3.8) is 0 Å². The SMILES string of the molecule is CCc1ncnc(N=Nc2ccc(N(CC)CC)cc2NS(=O)(=O)c2ccccc2)c1Cl. The van der Waals surface area contributed by atoms with Crippen molar-refractivity contribution in [1.82, 2.24) is 9.97 Å². The fraction of sp³-hybridized carbons (Fsp3) is 0.273. The summed E-state index contributed by atoms with van der Waals surface area (Å²) in [6.07, 6.45) is 2.01. The second kappa shape index (κ2) is 10.5. The van der Waals surface area contributed by atoms with Crippen molar-refractivity contribution in [2.75, 3.05) is 22.7 Å². The number of aromatic nitrogens is 2. The molecular formula is C22H25ClN6O2S. The lowest BCUT2D eigenvalue weighted by Crippen LogP contribution is -2.22. The molecule has 0 unspecified atom stereocenters. The van der Waals surface area contributed by atoms with Gasteiger partial charge in [-0.2, -0.15) is 0 Å². The zero-order valence-electron chi connectivity index (χ0n) is 18.2. The zero-order chi connectivity index (χ0) is 23.1. The number of halogens is 1. The minimum absolute atomic E-state index is 0.155. The first-order valence-electron chi connectivity index (χ1n) is 10.3. The number of aryl methyl sites for hydroxylation is 1. The average Bonchev–Trinajstić information content (AvgIpc) is 2.80. The Hall–Kier alpha value is -3.04. The van der Waals surface area contributed by atoms with Crippen molar-refractivity contribution in [3.8, 4) is 0 Å². The second-order valence-corrected chi connectivity index (χ2v) is 8.86. The first-order chi connectivity index (χ1) is 15.4. The van der Waals surface area contributed by atoms with Crippen LogP contribution in [0.1, 0.15) is 26.5 Å². The molecule has 2 aromatic carbocycles. The fourth-order valence-corrected chi connectivity index (χ4v) is 4.45. The van der Waals surface area contributed by atoms with Crippen LogP contribution in [0.3, 0.4) is 0 Å². The van der Waals surface area contributed by atoms with Crippen LogP contribution in [-0.2, 0) is 16.4 Å². The molecule has 1 N–H and O–H groups in total. The molecule has 1 aromatic heterocycles. The molecular weight excluding hydrogens is 448 g/mol. The summed E-state index contributed by atoms with van der Waals surface area (Å²) in [6.45, 7) is 7.55. The van der Waals surface area contributed by atoms with E-state index in [9.17, 15) is 8.42 Å². The van der Waals surface area contributed by atoms with Crippen LogP contribution in [0.5, 0.6) is 0 Å². The molecule has 0 atom stereocenters. The van der Waals surface area contributed by atoms with Gasteiger partial charge < -0.3 is 4.90 Å². The van der Waals surface area contributed by atoms with E-state index in [1.54, 1.807) is 30.3 Å². The lowest BCUT2D eigenvalue weighted by molar-refractivity contribution is 0.601. The molecule has 0 aliphatic carbocycles. The summed E-state index contributed by atoms with van der Waals surface area (Å²) < 4.78 is 28.5. The molecule has 3 aromatic rings. The van der Waals surface area contributed by atoms with E-state index < -0.39 is 10.0 Å². The summed E-state index contributed by atoms with van der Waals surface area (Å²) in [4.78, 5) is 10.5. The highest BCUT2D eigenvalue weighted by atomic mass is 35.5. The van der Waals surface area contributed by atoms with E-state index in [2.05, 4.69) is 29.8 Å². The molecule has 0 bridgehead atoms. The van der Waals surface area contributed by atoms with E-state index in [0.717, 1.165) is 18.8 Å². The predicted molar refractivity (Wildman–Crippen MR) is 128 cm³/mol. The molecule has 0 aliphatic rings. The maximum absolute atomic E-state index is 12.9. The first-order valence-corrected chi connectivity index (χ1v) is 12.1. The normalized spacial score (nSPS) is 11.6. The molecule has 0 aliphatic heterocycles. The molecule has 0 saturated carbocycles. The molecule has 0 spiro atoms. The minimum atomic E-state index is -3.82. The molecule has 0 amide bonds. The number of sulfonamides is 1. The van der Waals surface area contributed by atoms with Gasteiger partial charge in [0.1, 0.15) is 17.0 Å². The Morgan fingerprint density at radius 1 is 1.00 bits per heavy atom. The predicted octanol–water partition coefficient (Wildman–Crippen LogP) is 5.75. The molecule has 3 rings (SSSR count). The highest BCUT2D eigenvalue weighted by Gasteiger charge is 2.17. The maximum atomic E-state index is 12.9. The highest BCUT2D eigenvalue weighted by Crippen LogP contribution is 2.34. The Kier molecular flexibility index (Phi) is 7.76. The minimum Gasteiger partial charge on any atom is -0.372 e. The standard InChI is InChI=1S/C22H25ClN6O2S/c1-4-18-21(23)22(25-15-24-18)27-26-19-13-12-16(29(5-2)6-3)14-20(19)28-32(30,31)17-10-8-7-9-11-17/h7-15,28H,4-6H2,1-3H3. The molecule has 32 heavy (non-hydrogen) atoms. The lowest BCUT2D eigenvalue weighted by Gasteiger charge is -2.22. The molecule has 0 radical (unpaired) electrons. The Morgan fingerprint density at radius 2 is 1.72 bits per heavy atom. The number of anilines is 2. The molecule has 0 fully saturated rings. The highest BCUT2D eigenvalue weighted by molar-refractivity contribution is 7.92. The first kappa shape index (κ1) is 23.6. The summed E-state index contributed by atoms with van der Waals surface area (Å²) in [5, 5.41) is 8.73. The number of azo groups is 1. The van der Waals surface area contributed by atoms with Crippen molar-refractivity contribution in [2.24, 2.45) is 10.2 Å². The molecule has 0 saturated heterocycles. The number of hydrogen-bond acceptors (Lipinski definition) is 7. The quantitative estimate of drug-likeness (QED) is 0.399. The fourth-order valence-electron chi connectivity index (χ4n) is 3.09. The second-order valence-electron chi connectivity index (χ2n) is 6.80. The van der Waals surface area contributed by atoms with E-state index >= 15 is 0 Å². The van der Waals surface area contributed by atoms with Gasteiger partial charge in [-0.15, -0.1) is 10.2 Å². The van der Waals surface area contributed by atoms with Crippen molar-refractivity contribution in [1.29, 1.82) is 0 Å². The molecule has 168 valence electrons. The van der Waals surface area contributed by atoms with Gasteiger partial charge in [-0.1, -0.05) is 36.7 Å². The summed E-state index contributed by atoms with van der Waals surface area (Å²) in [5.41, 5.74) is 2.18. The van der Waals surface area contributed by atoms with E-state index in [1.165, 1.54) is 18.5 Å². The van der Waals surface area contributed by atoms with Crippen LogP contribution in [-0.4, -0.2) is 31.5 Å². The Balaban J connectivity index is 2.04. The van der Waals surface area contributed by atoms with Crippen LogP contribution in [0.25, 0.3) is 0 Å². The van der Waals surface area contributed by atoms with Gasteiger partial charge >= 0.3 is 0 Å². The van der Waals surface area contributed by atoms with Crippen LogP contribution in [0, 0.1) is 0 Å². The molecule has 10 heteroatoms. The monoisotopic (exact) mass is 472 g/mol. The van der Waals surface area contributed by atoms with E-state index in [4.69, 9.17) is 11.6 Å². The zero-order valence-corrected chi connectivity index (χ0v) is 19.7. The van der Waals surface area contributed by atoms with Gasteiger partial charge in [-0.05, 0) is 50.6 Å². The smallest absolute Gasteiger partial charge is 0.261 e. The van der Waals surface area contributed by atoms with Crippen molar-refractivity contribution >= 4 is 44.5 Å². The Labute approximate surface area is 193 Å². The third kappa shape index (κ3) is 5.41. The van der Waals surface area contributed by atoms with Crippen LogP contribution in [0.15, 0.2) is 70.0 Å². The van der Waals surface area contributed by atoms with Gasteiger partial charge in [0.2, 0.25) is 0 Å². The van der Waals surface area contributed by atoms with Gasteiger partial charge in [0, 0.05) is 18.8 Å². The summed E-state index contributed by atoms with van der Waals surface area (Å²) in [5.74, 6) is 0.225. The third-order valence-electron chi connectivity index (χ3n) is 4.84. The Bertz CT molecular complexity index is 1200.